The Kier molecular flexibility index (Phi) is 4.49. The molecule has 1 aromatic carbocycles. The summed E-state index contributed by atoms with van der Waals surface area (Å²) in [6.07, 6.45) is 0.637. The molecule has 0 aliphatic carbocycles. The molecule has 2 N–H and O–H groups in total. The Bertz CT molecular complexity index is 604. The first kappa shape index (κ1) is 14.2. The number of rotatable bonds is 5. The van der Waals surface area contributed by atoms with Crippen LogP contribution >= 0.6 is 11.6 Å². The first-order valence-corrected chi connectivity index (χ1v) is 6.22. The van der Waals surface area contributed by atoms with Gasteiger partial charge in [0.1, 0.15) is 0 Å². The number of nitrogens with one attached hydrogen (secondary N) is 1. The largest absolute Gasteiger partial charge is 0.387 e. The average molecular weight is 294 g/mol. The molecule has 104 valence electrons. The van der Waals surface area contributed by atoms with Gasteiger partial charge in [0.05, 0.1) is 11.0 Å². The maximum Gasteiger partial charge on any atom is 0.311 e. The van der Waals surface area contributed by atoms with E-state index < -0.39 is 11.0 Å². The molecule has 2 aromatic rings. The SMILES string of the molecule is O=[N+]([O-])c1cccnc1NCC(O)c1ccc(Cl)cc1. The highest BCUT2D eigenvalue weighted by Crippen LogP contribution is 2.22. The van der Waals surface area contributed by atoms with E-state index in [-0.39, 0.29) is 18.1 Å². The number of benzene rings is 1. The molecule has 0 radical (unpaired) electrons. The minimum absolute atomic E-state index is 0.111. The number of hydrogen-bond donors (Lipinski definition) is 2. The Labute approximate surface area is 120 Å². The van der Waals surface area contributed by atoms with E-state index >= 15 is 0 Å². The maximum absolute atomic E-state index is 10.8. The van der Waals surface area contributed by atoms with Crippen LogP contribution in [0.1, 0.15) is 11.7 Å². The monoisotopic (exact) mass is 293 g/mol. The molecular formula is C13H12ClN3O3. The molecule has 0 saturated heterocycles. The van der Waals surface area contributed by atoms with E-state index in [0.29, 0.717) is 10.6 Å². The Morgan fingerprint density at radius 1 is 1.35 bits per heavy atom. The second-order valence-corrected chi connectivity index (χ2v) is 4.51. The van der Waals surface area contributed by atoms with Gasteiger partial charge in [-0.1, -0.05) is 23.7 Å². The average Bonchev–Trinajstić information content (AvgIpc) is 2.45. The first-order chi connectivity index (χ1) is 9.58. The molecule has 1 heterocycles. The van der Waals surface area contributed by atoms with Gasteiger partial charge in [-0.05, 0) is 23.8 Å². The van der Waals surface area contributed by atoms with Crippen molar-refractivity contribution in [1.82, 2.24) is 4.98 Å². The van der Waals surface area contributed by atoms with Crippen molar-refractivity contribution in [1.29, 1.82) is 0 Å². The van der Waals surface area contributed by atoms with Crippen LogP contribution in [0.15, 0.2) is 42.6 Å². The molecular weight excluding hydrogens is 282 g/mol. The predicted octanol–water partition coefficient (Wildman–Crippen LogP) is 2.79. The molecule has 1 atom stereocenters. The molecule has 0 aliphatic heterocycles. The van der Waals surface area contributed by atoms with E-state index in [9.17, 15) is 15.2 Å². The molecule has 6 nitrogen and oxygen atoms in total. The van der Waals surface area contributed by atoms with Crippen molar-refractivity contribution >= 4 is 23.1 Å². The number of aromatic nitrogens is 1. The van der Waals surface area contributed by atoms with Gasteiger partial charge >= 0.3 is 5.69 Å². The van der Waals surface area contributed by atoms with Crippen LogP contribution in [0.2, 0.25) is 5.02 Å². The quantitative estimate of drug-likeness (QED) is 0.653. The summed E-state index contributed by atoms with van der Waals surface area (Å²) in [5.41, 5.74) is 0.538. The third-order valence-corrected chi connectivity index (χ3v) is 2.95. The summed E-state index contributed by atoms with van der Waals surface area (Å²) in [5.74, 6) is 0.130. The summed E-state index contributed by atoms with van der Waals surface area (Å²) in [5, 5.41) is 24.2. The van der Waals surface area contributed by atoms with Crippen molar-refractivity contribution in [3.8, 4) is 0 Å². The highest BCUT2D eigenvalue weighted by molar-refractivity contribution is 6.30. The van der Waals surface area contributed by atoms with Crippen LogP contribution in [0.5, 0.6) is 0 Å². The second kappa shape index (κ2) is 6.31. The molecule has 1 unspecified atom stereocenters. The fraction of sp³-hybridized carbons (Fsp3) is 0.154. The second-order valence-electron chi connectivity index (χ2n) is 4.08. The molecule has 0 saturated carbocycles. The van der Waals surface area contributed by atoms with E-state index in [4.69, 9.17) is 11.6 Å². The molecule has 1 aromatic heterocycles. The van der Waals surface area contributed by atoms with Gasteiger partial charge in [-0.25, -0.2) is 4.98 Å². The van der Waals surface area contributed by atoms with Crippen molar-refractivity contribution in [3.05, 3.63) is 63.3 Å². The number of aliphatic hydroxyl groups excluding tert-OH is 1. The van der Waals surface area contributed by atoms with Crippen molar-refractivity contribution < 1.29 is 10.0 Å². The van der Waals surface area contributed by atoms with Crippen LogP contribution in [0, 0.1) is 10.1 Å². The zero-order valence-corrected chi connectivity index (χ0v) is 11.1. The standard InChI is InChI=1S/C13H12ClN3O3/c14-10-5-3-9(4-6-10)12(18)8-16-13-11(17(19)20)2-1-7-15-13/h1-7,12,18H,8H2,(H,15,16). The van der Waals surface area contributed by atoms with Gasteiger partial charge in [0.15, 0.2) is 0 Å². The molecule has 0 spiro atoms. The zero-order chi connectivity index (χ0) is 14.5. The highest BCUT2D eigenvalue weighted by atomic mass is 35.5. The van der Waals surface area contributed by atoms with E-state index in [0.717, 1.165) is 0 Å². The topological polar surface area (TPSA) is 88.3 Å². The number of nitrogens with zero attached hydrogens (tertiary/aromatic N) is 2. The number of pyridine rings is 1. The van der Waals surface area contributed by atoms with Crippen molar-refractivity contribution in [3.63, 3.8) is 0 Å². The van der Waals surface area contributed by atoms with Crippen LogP contribution in [0.3, 0.4) is 0 Å². The first-order valence-electron chi connectivity index (χ1n) is 5.84. The van der Waals surface area contributed by atoms with Crippen LogP contribution < -0.4 is 5.32 Å². The predicted molar refractivity (Wildman–Crippen MR) is 75.8 cm³/mol. The number of anilines is 1. The molecule has 2 rings (SSSR count). The smallest absolute Gasteiger partial charge is 0.311 e. The number of aliphatic hydroxyl groups is 1. The molecule has 7 heteroatoms. The van der Waals surface area contributed by atoms with Crippen molar-refractivity contribution in [2.24, 2.45) is 0 Å². The fourth-order valence-electron chi connectivity index (χ4n) is 1.68. The Hall–Kier alpha value is -2.18. The number of hydrogen-bond acceptors (Lipinski definition) is 5. The minimum atomic E-state index is -0.811. The Balaban J connectivity index is 2.05. The van der Waals surface area contributed by atoms with Gasteiger partial charge in [0.2, 0.25) is 5.82 Å². The number of halogens is 1. The third kappa shape index (κ3) is 3.43. The van der Waals surface area contributed by atoms with E-state index in [2.05, 4.69) is 10.3 Å². The molecule has 0 amide bonds. The van der Waals surface area contributed by atoms with Gasteiger partial charge < -0.3 is 10.4 Å². The fourth-order valence-corrected chi connectivity index (χ4v) is 1.80. The van der Waals surface area contributed by atoms with Gasteiger partial charge in [-0.2, -0.15) is 0 Å². The third-order valence-electron chi connectivity index (χ3n) is 2.70. The summed E-state index contributed by atoms with van der Waals surface area (Å²) in [7, 11) is 0. The van der Waals surface area contributed by atoms with Gasteiger partial charge in [-0.15, -0.1) is 0 Å². The lowest BCUT2D eigenvalue weighted by Crippen LogP contribution is -2.13. The molecule has 0 fully saturated rings. The van der Waals surface area contributed by atoms with Gasteiger partial charge in [-0.3, -0.25) is 10.1 Å². The van der Waals surface area contributed by atoms with E-state index in [1.54, 1.807) is 24.3 Å². The lowest BCUT2D eigenvalue weighted by atomic mass is 10.1. The normalized spacial score (nSPS) is 11.9. The summed E-state index contributed by atoms with van der Waals surface area (Å²) in [6, 6.07) is 9.57. The minimum Gasteiger partial charge on any atom is -0.387 e. The van der Waals surface area contributed by atoms with Crippen molar-refractivity contribution in [2.75, 3.05) is 11.9 Å². The highest BCUT2D eigenvalue weighted by Gasteiger charge is 2.15. The van der Waals surface area contributed by atoms with E-state index in [1.165, 1.54) is 18.3 Å². The van der Waals surface area contributed by atoms with Gasteiger partial charge in [0.25, 0.3) is 0 Å². The van der Waals surface area contributed by atoms with Crippen molar-refractivity contribution in [2.45, 2.75) is 6.10 Å². The summed E-state index contributed by atoms with van der Waals surface area (Å²) < 4.78 is 0. The zero-order valence-electron chi connectivity index (χ0n) is 10.4. The molecule has 0 bridgehead atoms. The summed E-state index contributed by atoms with van der Waals surface area (Å²) in [4.78, 5) is 14.2. The van der Waals surface area contributed by atoms with E-state index in [1.807, 2.05) is 0 Å². The Morgan fingerprint density at radius 3 is 2.70 bits per heavy atom. The van der Waals surface area contributed by atoms with Gasteiger partial charge in [0, 0.05) is 23.8 Å². The summed E-state index contributed by atoms with van der Waals surface area (Å²) in [6.45, 7) is 0.111. The summed E-state index contributed by atoms with van der Waals surface area (Å²) >= 11 is 5.76. The molecule has 20 heavy (non-hydrogen) atoms. The number of nitro groups is 1. The van der Waals surface area contributed by atoms with Crippen LogP contribution in [-0.4, -0.2) is 21.6 Å². The lowest BCUT2D eigenvalue weighted by Gasteiger charge is -2.12. The van der Waals surface area contributed by atoms with Crippen LogP contribution in [0.4, 0.5) is 11.5 Å². The van der Waals surface area contributed by atoms with Crippen LogP contribution in [0.25, 0.3) is 0 Å². The lowest BCUT2D eigenvalue weighted by molar-refractivity contribution is -0.384. The molecule has 0 aliphatic rings. The van der Waals surface area contributed by atoms with Crippen LogP contribution in [-0.2, 0) is 0 Å². The Morgan fingerprint density at radius 2 is 2.05 bits per heavy atom. The maximum atomic E-state index is 10.8.